The molecule has 0 N–H and O–H groups in total. The third-order valence-electron chi connectivity index (χ3n) is 3.51. The van der Waals surface area contributed by atoms with Crippen LogP contribution in [0.15, 0.2) is 12.1 Å². The summed E-state index contributed by atoms with van der Waals surface area (Å²) in [6, 6.07) is 4.42. The van der Waals surface area contributed by atoms with Crippen LogP contribution in [0.1, 0.15) is 35.1 Å². The summed E-state index contributed by atoms with van der Waals surface area (Å²) in [5.41, 5.74) is 5.35. The highest BCUT2D eigenvalue weighted by molar-refractivity contribution is 5.64. The van der Waals surface area contributed by atoms with Crippen molar-refractivity contribution in [2.24, 2.45) is 5.41 Å². The fraction of sp³-hybridized carbons (Fsp3) is 0.500. The largest absolute Gasteiger partial charge is 0.303 e. The zero-order chi connectivity index (χ0) is 11.1. The number of benzene rings is 1. The molecule has 15 heavy (non-hydrogen) atoms. The van der Waals surface area contributed by atoms with Crippen molar-refractivity contribution in [1.82, 2.24) is 0 Å². The molecule has 1 aliphatic rings. The first-order valence-electron chi connectivity index (χ1n) is 5.59. The van der Waals surface area contributed by atoms with Gasteiger partial charge in [-0.15, -0.1) is 0 Å². The molecular weight excluding hydrogens is 184 g/mol. The molecule has 1 aromatic carbocycles. The van der Waals surface area contributed by atoms with Crippen LogP contribution in [0, 0.1) is 26.2 Å². The molecule has 1 aliphatic carbocycles. The van der Waals surface area contributed by atoms with Crippen LogP contribution in [0.2, 0.25) is 0 Å². The molecule has 80 valence electrons. The summed E-state index contributed by atoms with van der Waals surface area (Å²) in [6.07, 6.45) is 4.24. The molecule has 1 saturated carbocycles. The van der Waals surface area contributed by atoms with E-state index in [0.717, 1.165) is 25.5 Å². The van der Waals surface area contributed by atoms with Crippen molar-refractivity contribution in [2.75, 3.05) is 0 Å². The van der Waals surface area contributed by atoms with Gasteiger partial charge in [0.1, 0.15) is 6.29 Å². The minimum atomic E-state index is -0.00915. The predicted molar refractivity (Wildman–Crippen MR) is 62.1 cm³/mol. The van der Waals surface area contributed by atoms with E-state index in [4.69, 9.17) is 0 Å². The van der Waals surface area contributed by atoms with Gasteiger partial charge in [-0.2, -0.15) is 0 Å². The second-order valence-electron chi connectivity index (χ2n) is 5.03. The average Bonchev–Trinajstić information content (AvgIpc) is 2.92. The summed E-state index contributed by atoms with van der Waals surface area (Å²) < 4.78 is 0. The van der Waals surface area contributed by atoms with Gasteiger partial charge >= 0.3 is 0 Å². The van der Waals surface area contributed by atoms with Crippen molar-refractivity contribution in [3.63, 3.8) is 0 Å². The van der Waals surface area contributed by atoms with Gasteiger partial charge in [-0.25, -0.2) is 0 Å². The van der Waals surface area contributed by atoms with E-state index in [9.17, 15) is 4.79 Å². The molecule has 1 fully saturated rings. The molecule has 1 aromatic rings. The van der Waals surface area contributed by atoms with Crippen LogP contribution in [0.25, 0.3) is 0 Å². The van der Waals surface area contributed by atoms with E-state index in [-0.39, 0.29) is 5.41 Å². The zero-order valence-electron chi connectivity index (χ0n) is 9.76. The van der Waals surface area contributed by atoms with Crippen molar-refractivity contribution >= 4 is 6.29 Å². The molecule has 2 rings (SSSR count). The Balaban J connectivity index is 2.32. The van der Waals surface area contributed by atoms with Gasteiger partial charge in [0.15, 0.2) is 0 Å². The molecule has 0 aromatic heterocycles. The van der Waals surface area contributed by atoms with Gasteiger partial charge in [0.25, 0.3) is 0 Å². The highest BCUT2D eigenvalue weighted by Crippen LogP contribution is 2.47. The van der Waals surface area contributed by atoms with Gasteiger partial charge in [-0.3, -0.25) is 0 Å². The molecule has 1 nitrogen and oxygen atoms in total. The topological polar surface area (TPSA) is 17.1 Å². The van der Waals surface area contributed by atoms with Crippen molar-refractivity contribution in [3.05, 3.63) is 34.4 Å². The zero-order valence-corrected chi connectivity index (χ0v) is 9.76. The Morgan fingerprint density at radius 2 is 1.73 bits per heavy atom. The molecule has 0 aliphatic heterocycles. The van der Waals surface area contributed by atoms with Gasteiger partial charge in [-0.1, -0.05) is 17.7 Å². The average molecular weight is 202 g/mol. The van der Waals surface area contributed by atoms with Crippen molar-refractivity contribution in [3.8, 4) is 0 Å². The lowest BCUT2D eigenvalue weighted by Gasteiger charge is -2.14. The molecular formula is C14H18O. The fourth-order valence-electron chi connectivity index (χ4n) is 2.34. The van der Waals surface area contributed by atoms with Crippen LogP contribution >= 0.6 is 0 Å². The van der Waals surface area contributed by atoms with Crippen molar-refractivity contribution in [2.45, 2.75) is 40.0 Å². The van der Waals surface area contributed by atoms with E-state index >= 15 is 0 Å². The lowest BCUT2D eigenvalue weighted by Crippen LogP contribution is -2.09. The Labute approximate surface area is 91.5 Å². The molecule has 0 radical (unpaired) electrons. The van der Waals surface area contributed by atoms with Crippen LogP contribution in [0.5, 0.6) is 0 Å². The Morgan fingerprint density at radius 3 is 2.13 bits per heavy atom. The second kappa shape index (κ2) is 3.48. The van der Waals surface area contributed by atoms with Gasteiger partial charge < -0.3 is 4.79 Å². The molecule has 0 amide bonds. The number of aldehydes is 1. The lowest BCUT2D eigenvalue weighted by molar-refractivity contribution is -0.112. The predicted octanol–water partition coefficient (Wildman–Crippen LogP) is 3.13. The normalized spacial score (nSPS) is 17.5. The maximum Gasteiger partial charge on any atom is 0.126 e. The standard InChI is InChI=1S/C14H18O/c1-10-6-11(2)13(12(3)7-10)8-14(9-15)4-5-14/h6-7,9H,4-5,8H2,1-3H3. The van der Waals surface area contributed by atoms with E-state index in [1.165, 1.54) is 22.3 Å². The first-order chi connectivity index (χ1) is 7.06. The van der Waals surface area contributed by atoms with E-state index < -0.39 is 0 Å². The molecule has 0 atom stereocenters. The lowest BCUT2D eigenvalue weighted by atomic mass is 9.90. The summed E-state index contributed by atoms with van der Waals surface area (Å²) in [7, 11) is 0. The summed E-state index contributed by atoms with van der Waals surface area (Å²) in [6.45, 7) is 6.42. The Kier molecular flexibility index (Phi) is 2.41. The fourth-order valence-corrected chi connectivity index (χ4v) is 2.34. The third kappa shape index (κ3) is 1.97. The van der Waals surface area contributed by atoms with Crippen LogP contribution in [0.3, 0.4) is 0 Å². The monoisotopic (exact) mass is 202 g/mol. The number of hydrogen-bond acceptors (Lipinski definition) is 1. The Morgan fingerprint density at radius 1 is 1.20 bits per heavy atom. The number of hydrogen-bond donors (Lipinski definition) is 0. The van der Waals surface area contributed by atoms with Crippen LogP contribution in [-0.4, -0.2) is 6.29 Å². The van der Waals surface area contributed by atoms with E-state index in [1.807, 2.05) is 0 Å². The molecule has 1 heteroatoms. The Hall–Kier alpha value is -1.11. The minimum absolute atomic E-state index is 0.00915. The minimum Gasteiger partial charge on any atom is -0.303 e. The van der Waals surface area contributed by atoms with Gasteiger partial charge in [-0.05, 0) is 56.7 Å². The summed E-state index contributed by atoms with van der Waals surface area (Å²) in [4.78, 5) is 11.0. The van der Waals surface area contributed by atoms with Gasteiger partial charge in [0.2, 0.25) is 0 Å². The smallest absolute Gasteiger partial charge is 0.126 e. The quantitative estimate of drug-likeness (QED) is 0.688. The maximum atomic E-state index is 11.0. The molecule has 0 bridgehead atoms. The molecule has 0 heterocycles. The third-order valence-corrected chi connectivity index (χ3v) is 3.51. The summed E-state index contributed by atoms with van der Waals surface area (Å²) >= 11 is 0. The van der Waals surface area contributed by atoms with E-state index in [2.05, 4.69) is 32.9 Å². The number of carbonyl (C=O) groups is 1. The molecule has 0 unspecified atom stereocenters. The summed E-state index contributed by atoms with van der Waals surface area (Å²) in [5.74, 6) is 0. The van der Waals surface area contributed by atoms with Crippen LogP contribution in [0.4, 0.5) is 0 Å². The SMILES string of the molecule is Cc1cc(C)c(CC2(C=O)CC2)c(C)c1. The van der Waals surface area contributed by atoms with E-state index in [0.29, 0.717) is 0 Å². The number of rotatable bonds is 3. The van der Waals surface area contributed by atoms with Crippen molar-refractivity contribution in [1.29, 1.82) is 0 Å². The van der Waals surface area contributed by atoms with Crippen molar-refractivity contribution < 1.29 is 4.79 Å². The maximum absolute atomic E-state index is 11.0. The highest BCUT2D eigenvalue weighted by Gasteiger charge is 2.42. The molecule has 0 saturated heterocycles. The van der Waals surface area contributed by atoms with Gasteiger partial charge in [0.05, 0.1) is 0 Å². The number of carbonyl (C=O) groups excluding carboxylic acids is 1. The number of aryl methyl sites for hydroxylation is 3. The summed E-state index contributed by atoms with van der Waals surface area (Å²) in [5, 5.41) is 0. The van der Waals surface area contributed by atoms with Gasteiger partial charge in [0, 0.05) is 5.41 Å². The highest BCUT2D eigenvalue weighted by atomic mass is 16.1. The van der Waals surface area contributed by atoms with E-state index in [1.54, 1.807) is 0 Å². The second-order valence-corrected chi connectivity index (χ2v) is 5.03. The molecule has 0 spiro atoms. The van der Waals surface area contributed by atoms with Crippen LogP contribution < -0.4 is 0 Å². The Bertz CT molecular complexity index is 377. The first kappa shape index (κ1) is 10.4. The van der Waals surface area contributed by atoms with Crippen LogP contribution in [-0.2, 0) is 11.2 Å². The first-order valence-corrected chi connectivity index (χ1v) is 5.59.